The number of benzene rings is 3. The van der Waals surface area contributed by atoms with E-state index >= 15 is 0 Å². The predicted octanol–water partition coefficient (Wildman–Crippen LogP) is 4.23. The lowest BCUT2D eigenvalue weighted by atomic mass is 10.2. The summed E-state index contributed by atoms with van der Waals surface area (Å²) >= 11 is 0. The number of nitrogens with zero attached hydrogens (tertiary/aromatic N) is 4. The van der Waals surface area contributed by atoms with Crippen molar-refractivity contribution in [1.29, 1.82) is 0 Å². The second-order valence-corrected chi connectivity index (χ2v) is 9.83. The van der Waals surface area contributed by atoms with E-state index in [0.29, 0.717) is 16.7 Å². The van der Waals surface area contributed by atoms with Gasteiger partial charge in [-0.05, 0) is 60.7 Å². The van der Waals surface area contributed by atoms with Crippen molar-refractivity contribution in [2.75, 3.05) is 29.6 Å². The second-order valence-electron chi connectivity index (χ2n) is 8.29. The fourth-order valence-electron chi connectivity index (χ4n) is 3.58. The molecule has 0 fully saturated rings. The Labute approximate surface area is 212 Å². The maximum Gasteiger partial charge on any atom is 0.339 e. The van der Waals surface area contributed by atoms with Crippen LogP contribution in [0.25, 0.3) is 16.7 Å². The summed E-state index contributed by atoms with van der Waals surface area (Å²) in [5, 5.41) is 5.37. The van der Waals surface area contributed by atoms with Crippen molar-refractivity contribution in [2.45, 2.75) is 4.90 Å². The minimum Gasteiger partial charge on any atom is -0.379 e. The first kappa shape index (κ1) is 23.9. The highest BCUT2D eigenvalue weighted by Gasteiger charge is 2.18. The number of fused-ring (bicyclic) bond motifs is 1. The van der Waals surface area contributed by atoms with Gasteiger partial charge >= 0.3 is 16.1 Å². The van der Waals surface area contributed by atoms with Gasteiger partial charge in [0.2, 0.25) is 5.95 Å². The molecule has 0 saturated heterocycles. The fraction of sp³-hybridized carbons (Fsp3) is 0.0800. The van der Waals surface area contributed by atoms with Gasteiger partial charge in [-0.15, -0.1) is 0 Å². The molecular formula is C25H23N7O4S. The summed E-state index contributed by atoms with van der Waals surface area (Å²) in [5.41, 5.74) is 3.42. The van der Waals surface area contributed by atoms with Crippen LogP contribution in [-0.2, 0) is 10.1 Å². The Kier molecular flexibility index (Phi) is 6.24. The van der Waals surface area contributed by atoms with Gasteiger partial charge in [-0.25, -0.2) is 14.8 Å². The smallest absolute Gasteiger partial charge is 0.339 e. The monoisotopic (exact) mass is 517 g/mol. The van der Waals surface area contributed by atoms with E-state index in [1.807, 2.05) is 31.1 Å². The lowest BCUT2D eigenvalue weighted by Crippen LogP contribution is -2.20. The third kappa shape index (κ3) is 5.38. The van der Waals surface area contributed by atoms with E-state index in [1.54, 1.807) is 53.6 Å². The summed E-state index contributed by atoms with van der Waals surface area (Å²) in [7, 11) is -0.197. The van der Waals surface area contributed by atoms with Gasteiger partial charge in [-0.2, -0.15) is 8.42 Å². The first-order valence-electron chi connectivity index (χ1n) is 11.1. The van der Waals surface area contributed by atoms with Crippen LogP contribution in [-0.4, -0.2) is 48.1 Å². The number of imidazole rings is 2. The number of amides is 2. The third-order valence-corrected chi connectivity index (χ3v) is 6.72. The van der Waals surface area contributed by atoms with Gasteiger partial charge in [-0.1, -0.05) is 0 Å². The zero-order chi connectivity index (χ0) is 26.0. The van der Waals surface area contributed by atoms with Gasteiger partial charge in [-0.3, -0.25) is 5.32 Å². The number of anilines is 3. The van der Waals surface area contributed by atoms with Crippen molar-refractivity contribution in [2.24, 2.45) is 0 Å². The van der Waals surface area contributed by atoms with Crippen molar-refractivity contribution >= 4 is 44.5 Å². The first-order chi connectivity index (χ1) is 17.8. The molecule has 0 bridgehead atoms. The zero-order valence-corrected chi connectivity index (χ0v) is 20.7. The van der Waals surface area contributed by atoms with Crippen LogP contribution in [0.3, 0.4) is 0 Å². The van der Waals surface area contributed by atoms with E-state index in [4.69, 9.17) is 4.18 Å². The molecule has 3 N–H and O–H groups in total. The van der Waals surface area contributed by atoms with Crippen molar-refractivity contribution in [1.82, 2.24) is 19.5 Å². The van der Waals surface area contributed by atoms with Gasteiger partial charge in [0, 0.05) is 49.6 Å². The maximum atomic E-state index is 12.8. The third-order valence-electron chi connectivity index (χ3n) is 5.46. The minimum atomic E-state index is -4.06. The largest absolute Gasteiger partial charge is 0.379 e. The Morgan fingerprint density at radius 2 is 1.76 bits per heavy atom. The van der Waals surface area contributed by atoms with Crippen molar-refractivity contribution in [3.05, 3.63) is 85.5 Å². The number of hydrogen-bond acceptors (Lipinski definition) is 7. The number of urea groups is 1. The minimum absolute atomic E-state index is 0.0127. The second kappa shape index (κ2) is 9.66. The molecule has 0 aliphatic rings. The van der Waals surface area contributed by atoms with Gasteiger partial charge in [0.1, 0.15) is 10.6 Å². The number of carbonyl (C=O) groups is 1. The topological polar surface area (TPSA) is 134 Å². The zero-order valence-electron chi connectivity index (χ0n) is 19.9. The maximum absolute atomic E-state index is 12.8. The van der Waals surface area contributed by atoms with Gasteiger partial charge in [0.25, 0.3) is 0 Å². The lowest BCUT2D eigenvalue weighted by molar-refractivity contribution is 0.262. The molecule has 5 rings (SSSR count). The molecule has 0 radical (unpaired) electrons. The molecule has 2 aromatic heterocycles. The number of nitrogens with one attached hydrogen (secondary N) is 3. The first-order valence-corrected chi connectivity index (χ1v) is 12.6. The molecule has 0 aliphatic heterocycles. The summed E-state index contributed by atoms with van der Waals surface area (Å²) in [5.74, 6) is 0.305. The van der Waals surface area contributed by atoms with E-state index in [1.165, 1.54) is 24.3 Å². The Balaban J connectivity index is 1.26. The van der Waals surface area contributed by atoms with Crippen LogP contribution < -0.4 is 19.7 Å². The van der Waals surface area contributed by atoms with E-state index in [0.717, 1.165) is 11.4 Å². The standard InChI is InChI=1S/C25H23N7O4S/c1-31(2)18-5-3-17(4-6-18)27-25(33)30-24-28-22-12-9-20(15-23(22)29-24)36-37(34,35)21-10-7-19(8-11-21)32-14-13-26-16-32/h3-16H,1-2H3,(H3,27,28,29,30,33). The highest BCUT2D eigenvalue weighted by atomic mass is 32.2. The van der Waals surface area contributed by atoms with Crippen LogP contribution in [0.15, 0.2) is 90.3 Å². The number of aromatic amines is 1. The van der Waals surface area contributed by atoms with Crippen LogP contribution in [0.2, 0.25) is 0 Å². The normalized spacial score (nSPS) is 11.3. The lowest BCUT2D eigenvalue weighted by Gasteiger charge is -2.13. The molecule has 0 aliphatic carbocycles. The molecule has 12 heteroatoms. The SMILES string of the molecule is CN(C)c1ccc(NC(=O)Nc2nc3ccc(OS(=O)(=O)c4ccc(-n5ccnc5)cc4)cc3[nH]2)cc1. The summed E-state index contributed by atoms with van der Waals surface area (Å²) in [6.07, 6.45) is 5.01. The highest BCUT2D eigenvalue weighted by molar-refractivity contribution is 7.87. The molecule has 188 valence electrons. The molecule has 5 aromatic rings. The van der Waals surface area contributed by atoms with E-state index in [9.17, 15) is 13.2 Å². The molecule has 0 atom stereocenters. The predicted molar refractivity (Wildman–Crippen MR) is 141 cm³/mol. The number of H-pyrrole nitrogens is 1. The van der Waals surface area contributed by atoms with E-state index < -0.39 is 16.1 Å². The molecule has 0 unspecified atom stereocenters. The Hall–Kier alpha value is -4.84. The number of hydrogen-bond donors (Lipinski definition) is 3. The Morgan fingerprint density at radius 3 is 2.43 bits per heavy atom. The number of rotatable bonds is 7. The Morgan fingerprint density at radius 1 is 1.00 bits per heavy atom. The molecular weight excluding hydrogens is 494 g/mol. The molecule has 3 aromatic carbocycles. The Bertz CT molecular complexity index is 1640. The van der Waals surface area contributed by atoms with E-state index in [2.05, 4.69) is 25.6 Å². The van der Waals surface area contributed by atoms with Crippen molar-refractivity contribution < 1.29 is 17.4 Å². The molecule has 11 nitrogen and oxygen atoms in total. The average Bonchev–Trinajstić information content (AvgIpc) is 3.54. The van der Waals surface area contributed by atoms with E-state index in [-0.39, 0.29) is 16.6 Å². The molecule has 2 amide bonds. The fourth-order valence-corrected chi connectivity index (χ4v) is 4.51. The average molecular weight is 518 g/mol. The van der Waals surface area contributed by atoms with Gasteiger partial charge in [0.05, 0.1) is 17.4 Å². The summed E-state index contributed by atoms with van der Waals surface area (Å²) in [6, 6.07) is 17.7. The van der Waals surface area contributed by atoms with Gasteiger partial charge < -0.3 is 24.0 Å². The quantitative estimate of drug-likeness (QED) is 0.275. The molecule has 37 heavy (non-hydrogen) atoms. The van der Waals surface area contributed by atoms with Crippen LogP contribution in [0.4, 0.5) is 22.1 Å². The molecule has 2 heterocycles. The van der Waals surface area contributed by atoms with Crippen molar-refractivity contribution in [3.63, 3.8) is 0 Å². The molecule has 0 spiro atoms. The van der Waals surface area contributed by atoms with Crippen molar-refractivity contribution in [3.8, 4) is 11.4 Å². The number of carbonyl (C=O) groups excluding carboxylic acids is 1. The molecule has 0 saturated carbocycles. The number of aromatic nitrogens is 4. The summed E-state index contributed by atoms with van der Waals surface area (Å²) < 4.78 is 32.7. The summed E-state index contributed by atoms with van der Waals surface area (Å²) in [6.45, 7) is 0. The van der Waals surface area contributed by atoms with Gasteiger partial charge in [0.15, 0.2) is 0 Å². The van der Waals surface area contributed by atoms with Crippen LogP contribution in [0.5, 0.6) is 5.75 Å². The van der Waals surface area contributed by atoms with Crippen LogP contribution in [0, 0.1) is 0 Å². The van der Waals surface area contributed by atoms with Crippen LogP contribution >= 0.6 is 0 Å². The highest BCUT2D eigenvalue weighted by Crippen LogP contribution is 2.25. The summed E-state index contributed by atoms with van der Waals surface area (Å²) in [4.78, 5) is 25.6. The van der Waals surface area contributed by atoms with Crippen LogP contribution in [0.1, 0.15) is 0 Å².